The monoisotopic (exact) mass is 297 g/mol. The average molecular weight is 297 g/mol. The highest BCUT2D eigenvalue weighted by atomic mass is 32.1. The van der Waals surface area contributed by atoms with Crippen molar-refractivity contribution in [3.05, 3.63) is 21.5 Å². The lowest BCUT2D eigenvalue weighted by Gasteiger charge is -2.05. The zero-order valence-corrected chi connectivity index (χ0v) is 12.3. The number of hydrogen-bond donors (Lipinski definition) is 2. The van der Waals surface area contributed by atoms with E-state index in [-0.39, 0.29) is 11.7 Å². The number of hydrogen-bond acceptors (Lipinski definition) is 7. The van der Waals surface area contributed by atoms with Crippen molar-refractivity contribution >= 4 is 39.5 Å². The molecule has 8 heteroatoms. The van der Waals surface area contributed by atoms with Gasteiger partial charge in [0, 0.05) is 38.6 Å². The third-order valence-electron chi connectivity index (χ3n) is 2.34. The van der Waals surface area contributed by atoms with Crippen LogP contribution in [0.4, 0.5) is 10.9 Å². The standard InChI is InChI=1S/C11H15N5OS2/c1-16(2)11-15-9(12)8(19-11)10(17)14-4-3-7-13-5-6-18-7/h5-6H,3-4,12H2,1-2H3,(H,14,17). The lowest BCUT2D eigenvalue weighted by Crippen LogP contribution is -2.25. The summed E-state index contributed by atoms with van der Waals surface area (Å²) in [5, 5.41) is 6.48. The van der Waals surface area contributed by atoms with E-state index in [0.29, 0.717) is 11.4 Å². The maximum Gasteiger partial charge on any atom is 0.265 e. The maximum absolute atomic E-state index is 12.0. The van der Waals surface area contributed by atoms with Crippen molar-refractivity contribution in [1.29, 1.82) is 0 Å². The van der Waals surface area contributed by atoms with E-state index in [9.17, 15) is 4.79 Å². The molecule has 0 aliphatic carbocycles. The van der Waals surface area contributed by atoms with Crippen LogP contribution in [0.25, 0.3) is 0 Å². The van der Waals surface area contributed by atoms with Crippen LogP contribution in [0.5, 0.6) is 0 Å². The quantitative estimate of drug-likeness (QED) is 0.867. The topological polar surface area (TPSA) is 84.1 Å². The van der Waals surface area contributed by atoms with Gasteiger partial charge in [-0.25, -0.2) is 9.97 Å². The third kappa shape index (κ3) is 3.42. The van der Waals surface area contributed by atoms with Crippen LogP contribution < -0.4 is 16.0 Å². The van der Waals surface area contributed by atoms with Crippen LogP contribution in [0.15, 0.2) is 11.6 Å². The SMILES string of the molecule is CN(C)c1nc(N)c(C(=O)NCCc2nccs2)s1. The molecule has 0 unspecified atom stereocenters. The van der Waals surface area contributed by atoms with Crippen molar-refractivity contribution in [2.45, 2.75) is 6.42 Å². The summed E-state index contributed by atoms with van der Waals surface area (Å²) < 4.78 is 0. The maximum atomic E-state index is 12.0. The van der Waals surface area contributed by atoms with E-state index in [1.807, 2.05) is 24.4 Å². The van der Waals surface area contributed by atoms with Gasteiger partial charge < -0.3 is 16.0 Å². The summed E-state index contributed by atoms with van der Waals surface area (Å²) in [6.07, 6.45) is 2.48. The van der Waals surface area contributed by atoms with Gasteiger partial charge >= 0.3 is 0 Å². The number of carbonyl (C=O) groups excluding carboxylic acids is 1. The lowest BCUT2D eigenvalue weighted by atomic mass is 10.4. The molecule has 0 atom stereocenters. The largest absolute Gasteiger partial charge is 0.382 e. The summed E-state index contributed by atoms with van der Waals surface area (Å²) in [6.45, 7) is 0.543. The Hall–Kier alpha value is -1.67. The number of aromatic nitrogens is 2. The number of thiazole rings is 2. The molecule has 0 bridgehead atoms. The van der Waals surface area contributed by atoms with Gasteiger partial charge in [0.25, 0.3) is 5.91 Å². The zero-order valence-electron chi connectivity index (χ0n) is 10.7. The van der Waals surface area contributed by atoms with Gasteiger partial charge in [0.15, 0.2) is 5.13 Å². The minimum Gasteiger partial charge on any atom is -0.382 e. The number of amides is 1. The highest BCUT2D eigenvalue weighted by Crippen LogP contribution is 2.26. The van der Waals surface area contributed by atoms with E-state index in [1.165, 1.54) is 11.3 Å². The zero-order chi connectivity index (χ0) is 13.8. The van der Waals surface area contributed by atoms with Crippen LogP contribution in [0.3, 0.4) is 0 Å². The molecule has 0 aromatic carbocycles. The molecule has 6 nitrogen and oxygen atoms in total. The molecule has 0 aliphatic heterocycles. The van der Waals surface area contributed by atoms with Gasteiger partial charge in [0.1, 0.15) is 10.7 Å². The fourth-order valence-electron chi connectivity index (χ4n) is 1.41. The van der Waals surface area contributed by atoms with Crippen LogP contribution in [0.1, 0.15) is 14.7 Å². The molecule has 2 rings (SSSR count). The van der Waals surface area contributed by atoms with Crippen molar-refractivity contribution in [3.8, 4) is 0 Å². The van der Waals surface area contributed by atoms with Crippen molar-refractivity contribution in [3.63, 3.8) is 0 Å². The van der Waals surface area contributed by atoms with Gasteiger partial charge in [0.2, 0.25) is 0 Å². The number of nitrogens with two attached hydrogens (primary N) is 1. The molecule has 102 valence electrons. The first kappa shape index (κ1) is 13.8. The Kier molecular flexibility index (Phi) is 4.33. The van der Waals surface area contributed by atoms with E-state index >= 15 is 0 Å². The minimum absolute atomic E-state index is 0.181. The highest BCUT2D eigenvalue weighted by Gasteiger charge is 2.16. The highest BCUT2D eigenvalue weighted by molar-refractivity contribution is 7.18. The Balaban J connectivity index is 1.92. The van der Waals surface area contributed by atoms with Gasteiger partial charge in [-0.2, -0.15) is 0 Å². The van der Waals surface area contributed by atoms with Crippen LogP contribution in [-0.4, -0.2) is 36.5 Å². The second-order valence-electron chi connectivity index (χ2n) is 4.04. The average Bonchev–Trinajstić information content (AvgIpc) is 2.98. The van der Waals surface area contributed by atoms with E-state index in [0.717, 1.165) is 16.6 Å². The fourth-order valence-corrected chi connectivity index (χ4v) is 2.86. The number of nitrogens with zero attached hydrogens (tertiary/aromatic N) is 3. The molecule has 0 saturated heterocycles. The Morgan fingerprint density at radius 1 is 1.53 bits per heavy atom. The molecule has 2 aromatic rings. The van der Waals surface area contributed by atoms with E-state index < -0.39 is 0 Å². The summed E-state index contributed by atoms with van der Waals surface area (Å²) in [4.78, 5) is 22.6. The number of rotatable bonds is 5. The molecular formula is C11H15N5OS2. The second kappa shape index (κ2) is 5.98. The van der Waals surface area contributed by atoms with Gasteiger partial charge in [-0.3, -0.25) is 4.79 Å². The number of nitrogens with one attached hydrogen (secondary N) is 1. The molecule has 2 aromatic heterocycles. The summed E-state index contributed by atoms with van der Waals surface area (Å²) in [5.41, 5.74) is 5.75. The van der Waals surface area contributed by atoms with Crippen LogP contribution in [-0.2, 0) is 6.42 Å². The molecule has 0 radical (unpaired) electrons. The van der Waals surface area contributed by atoms with E-state index in [2.05, 4.69) is 15.3 Å². The molecule has 3 N–H and O–H groups in total. The molecule has 1 amide bonds. The summed E-state index contributed by atoms with van der Waals surface area (Å²) >= 11 is 2.87. The first-order valence-corrected chi connectivity index (χ1v) is 7.37. The van der Waals surface area contributed by atoms with E-state index in [1.54, 1.807) is 17.5 Å². The van der Waals surface area contributed by atoms with Crippen molar-refractivity contribution < 1.29 is 4.79 Å². The van der Waals surface area contributed by atoms with Crippen molar-refractivity contribution in [2.75, 3.05) is 31.3 Å². The van der Waals surface area contributed by atoms with Crippen LogP contribution in [0.2, 0.25) is 0 Å². The predicted molar refractivity (Wildman–Crippen MR) is 79.0 cm³/mol. The Morgan fingerprint density at radius 3 is 2.89 bits per heavy atom. The first-order chi connectivity index (χ1) is 9.08. The van der Waals surface area contributed by atoms with Crippen LogP contribution >= 0.6 is 22.7 Å². The summed E-state index contributed by atoms with van der Waals surface area (Å²) in [7, 11) is 3.73. The summed E-state index contributed by atoms with van der Waals surface area (Å²) in [6, 6.07) is 0. The molecule has 0 fully saturated rings. The van der Waals surface area contributed by atoms with Gasteiger partial charge in [-0.05, 0) is 0 Å². The predicted octanol–water partition coefficient (Wildman–Crippen LogP) is 1.22. The molecule has 0 saturated carbocycles. The first-order valence-electron chi connectivity index (χ1n) is 5.68. The number of carbonyl (C=O) groups is 1. The van der Waals surface area contributed by atoms with Gasteiger partial charge in [0.05, 0.1) is 5.01 Å². The smallest absolute Gasteiger partial charge is 0.265 e. The Labute approximate surface area is 119 Å². The molecule has 0 aliphatic rings. The molecule has 2 heterocycles. The van der Waals surface area contributed by atoms with Gasteiger partial charge in [-0.1, -0.05) is 11.3 Å². The van der Waals surface area contributed by atoms with Gasteiger partial charge in [-0.15, -0.1) is 11.3 Å². The van der Waals surface area contributed by atoms with Crippen molar-refractivity contribution in [1.82, 2.24) is 15.3 Å². The molecule has 19 heavy (non-hydrogen) atoms. The third-order valence-corrected chi connectivity index (χ3v) is 4.42. The normalized spacial score (nSPS) is 10.4. The molecular weight excluding hydrogens is 282 g/mol. The lowest BCUT2D eigenvalue weighted by molar-refractivity contribution is 0.0959. The van der Waals surface area contributed by atoms with Crippen LogP contribution in [0, 0.1) is 0 Å². The fraction of sp³-hybridized carbons (Fsp3) is 0.364. The summed E-state index contributed by atoms with van der Waals surface area (Å²) in [5.74, 6) is 0.0973. The Morgan fingerprint density at radius 2 is 2.32 bits per heavy atom. The Bertz CT molecular complexity index is 549. The van der Waals surface area contributed by atoms with Crippen molar-refractivity contribution in [2.24, 2.45) is 0 Å². The number of anilines is 2. The van der Waals surface area contributed by atoms with E-state index in [4.69, 9.17) is 5.73 Å². The number of nitrogen functional groups attached to an aromatic ring is 1. The second-order valence-corrected chi connectivity index (χ2v) is 5.99. The minimum atomic E-state index is -0.181. The molecule has 0 spiro atoms.